The van der Waals surface area contributed by atoms with Crippen LogP contribution >= 0.6 is 0 Å². The van der Waals surface area contributed by atoms with E-state index in [2.05, 4.69) is 15.6 Å². The van der Waals surface area contributed by atoms with Crippen LogP contribution < -0.4 is 10.1 Å². The van der Waals surface area contributed by atoms with Gasteiger partial charge in [0.25, 0.3) is 0 Å². The van der Waals surface area contributed by atoms with E-state index in [0.717, 1.165) is 24.2 Å². The summed E-state index contributed by atoms with van der Waals surface area (Å²) in [6.07, 6.45) is 2.28. The van der Waals surface area contributed by atoms with Gasteiger partial charge in [-0.1, -0.05) is 13.3 Å². The summed E-state index contributed by atoms with van der Waals surface area (Å²) in [7, 11) is 0. The summed E-state index contributed by atoms with van der Waals surface area (Å²) < 4.78 is 10.1. The van der Waals surface area contributed by atoms with Crippen molar-refractivity contribution in [2.45, 2.75) is 33.1 Å². The van der Waals surface area contributed by atoms with Crippen molar-refractivity contribution < 1.29 is 14.2 Å². The van der Waals surface area contributed by atoms with E-state index < -0.39 is 0 Å². The van der Waals surface area contributed by atoms with Gasteiger partial charge in [-0.3, -0.25) is 4.79 Å². The number of ether oxygens (including phenoxy) is 1. The molecule has 6 nitrogen and oxygen atoms in total. The van der Waals surface area contributed by atoms with E-state index in [-0.39, 0.29) is 5.91 Å². The first-order chi connectivity index (χ1) is 10.2. The molecule has 2 rings (SSSR count). The number of aromatic nitrogens is 2. The number of nitrogens with one attached hydrogen (secondary N) is 1. The van der Waals surface area contributed by atoms with E-state index >= 15 is 0 Å². The third-order valence-electron chi connectivity index (χ3n) is 2.94. The molecular formula is C15H19N3O3. The van der Waals surface area contributed by atoms with Crippen LogP contribution in [0, 0.1) is 0 Å². The Bertz CT molecular complexity index is 578. The van der Waals surface area contributed by atoms with Crippen molar-refractivity contribution in [1.82, 2.24) is 10.3 Å². The maximum Gasteiger partial charge on any atom is 0.225 e. The van der Waals surface area contributed by atoms with E-state index in [1.807, 2.05) is 38.1 Å². The van der Waals surface area contributed by atoms with Gasteiger partial charge in [-0.2, -0.15) is 0 Å². The highest BCUT2D eigenvalue weighted by Crippen LogP contribution is 2.26. The number of carbonyl (C=O) groups excluding carboxylic acids is 1. The molecule has 0 radical (unpaired) electrons. The minimum absolute atomic E-state index is 0.0836. The lowest BCUT2D eigenvalue weighted by Crippen LogP contribution is -2.11. The summed E-state index contributed by atoms with van der Waals surface area (Å²) in [6, 6.07) is 7.39. The van der Waals surface area contributed by atoms with Gasteiger partial charge in [0.05, 0.1) is 6.61 Å². The van der Waals surface area contributed by atoms with Crippen molar-refractivity contribution in [2.24, 2.45) is 0 Å². The molecule has 1 heterocycles. The SMILES string of the molecule is CCCCC(=O)Nc1nonc1-c1ccc(OCC)cc1. The Hall–Kier alpha value is -2.37. The Balaban J connectivity index is 2.10. The molecule has 1 N–H and O–H groups in total. The molecule has 1 aromatic heterocycles. The molecule has 0 aliphatic heterocycles. The molecule has 0 saturated carbocycles. The molecular weight excluding hydrogens is 270 g/mol. The van der Waals surface area contributed by atoms with Crippen molar-refractivity contribution in [3.63, 3.8) is 0 Å². The Morgan fingerprint density at radius 3 is 2.67 bits per heavy atom. The number of carbonyl (C=O) groups is 1. The fraction of sp³-hybridized carbons (Fsp3) is 0.400. The van der Waals surface area contributed by atoms with Crippen LogP contribution in [0.2, 0.25) is 0 Å². The van der Waals surface area contributed by atoms with Crippen molar-refractivity contribution in [1.29, 1.82) is 0 Å². The second-order valence-corrected chi connectivity index (χ2v) is 4.57. The number of amides is 1. The number of rotatable bonds is 7. The minimum atomic E-state index is -0.0836. The van der Waals surface area contributed by atoms with E-state index in [9.17, 15) is 4.79 Å². The molecule has 0 saturated heterocycles. The normalized spacial score (nSPS) is 10.4. The van der Waals surface area contributed by atoms with Gasteiger partial charge in [-0.15, -0.1) is 0 Å². The lowest BCUT2D eigenvalue weighted by molar-refractivity contribution is -0.116. The lowest BCUT2D eigenvalue weighted by atomic mass is 10.1. The van der Waals surface area contributed by atoms with E-state index in [1.54, 1.807) is 0 Å². The Morgan fingerprint density at radius 1 is 1.24 bits per heavy atom. The molecule has 0 unspecified atom stereocenters. The number of benzene rings is 1. The van der Waals surface area contributed by atoms with Crippen LogP contribution in [0.3, 0.4) is 0 Å². The van der Waals surface area contributed by atoms with Crippen LogP contribution in [0.5, 0.6) is 5.75 Å². The average Bonchev–Trinajstić information content (AvgIpc) is 2.94. The summed E-state index contributed by atoms with van der Waals surface area (Å²) in [5, 5.41) is 10.3. The maximum atomic E-state index is 11.8. The van der Waals surface area contributed by atoms with Crippen molar-refractivity contribution in [2.75, 3.05) is 11.9 Å². The van der Waals surface area contributed by atoms with Crippen molar-refractivity contribution >= 4 is 11.7 Å². The maximum absolute atomic E-state index is 11.8. The third-order valence-corrected chi connectivity index (χ3v) is 2.94. The summed E-state index contributed by atoms with van der Waals surface area (Å²) in [5.74, 6) is 1.05. The summed E-state index contributed by atoms with van der Waals surface area (Å²) >= 11 is 0. The van der Waals surface area contributed by atoms with E-state index in [0.29, 0.717) is 24.5 Å². The minimum Gasteiger partial charge on any atom is -0.494 e. The van der Waals surface area contributed by atoms with Crippen molar-refractivity contribution in [3.8, 4) is 17.0 Å². The molecule has 112 valence electrons. The molecule has 0 fully saturated rings. The fourth-order valence-electron chi connectivity index (χ4n) is 1.87. The second kappa shape index (κ2) is 7.42. The highest BCUT2D eigenvalue weighted by atomic mass is 16.6. The molecule has 2 aromatic rings. The van der Waals surface area contributed by atoms with Gasteiger partial charge in [0.15, 0.2) is 5.69 Å². The monoisotopic (exact) mass is 289 g/mol. The van der Waals surface area contributed by atoms with E-state index in [4.69, 9.17) is 9.37 Å². The van der Waals surface area contributed by atoms with Crippen LogP contribution in [0.25, 0.3) is 11.3 Å². The van der Waals surface area contributed by atoms with Gasteiger partial charge in [-0.25, -0.2) is 4.63 Å². The number of hydrogen-bond acceptors (Lipinski definition) is 5. The largest absolute Gasteiger partial charge is 0.494 e. The summed E-state index contributed by atoms with van der Waals surface area (Å²) in [6.45, 7) is 4.58. The zero-order valence-electron chi connectivity index (χ0n) is 12.3. The molecule has 0 aliphatic rings. The zero-order valence-corrected chi connectivity index (χ0v) is 12.3. The van der Waals surface area contributed by atoms with Gasteiger partial charge in [0, 0.05) is 12.0 Å². The van der Waals surface area contributed by atoms with Crippen LogP contribution in [0.1, 0.15) is 33.1 Å². The zero-order chi connectivity index (χ0) is 15.1. The Labute approximate surface area is 123 Å². The molecule has 0 spiro atoms. The second-order valence-electron chi connectivity index (χ2n) is 4.57. The number of unbranched alkanes of at least 4 members (excludes halogenated alkanes) is 1. The van der Waals surface area contributed by atoms with Gasteiger partial charge in [-0.05, 0) is 47.9 Å². The summed E-state index contributed by atoms with van der Waals surface area (Å²) in [5.41, 5.74) is 1.33. The topological polar surface area (TPSA) is 77.3 Å². The first kappa shape index (κ1) is 15.0. The van der Waals surface area contributed by atoms with Crippen LogP contribution in [0.15, 0.2) is 28.9 Å². The predicted octanol–water partition coefficient (Wildman–Crippen LogP) is 3.26. The van der Waals surface area contributed by atoms with Gasteiger partial charge in [0.2, 0.25) is 11.7 Å². The predicted molar refractivity (Wildman–Crippen MR) is 79.1 cm³/mol. The number of anilines is 1. The highest BCUT2D eigenvalue weighted by Gasteiger charge is 2.14. The summed E-state index contributed by atoms with van der Waals surface area (Å²) in [4.78, 5) is 11.8. The lowest BCUT2D eigenvalue weighted by Gasteiger charge is -2.04. The fourth-order valence-corrected chi connectivity index (χ4v) is 1.87. The smallest absolute Gasteiger partial charge is 0.225 e. The van der Waals surface area contributed by atoms with Crippen molar-refractivity contribution in [3.05, 3.63) is 24.3 Å². The number of hydrogen-bond donors (Lipinski definition) is 1. The third kappa shape index (κ3) is 4.05. The molecule has 0 bridgehead atoms. The standard InChI is InChI=1S/C15H19N3O3/c1-3-5-6-13(19)16-15-14(17-21-18-15)11-7-9-12(10-8-11)20-4-2/h7-10H,3-6H2,1-2H3,(H,16,18,19). The Kier molecular flexibility index (Phi) is 5.31. The average molecular weight is 289 g/mol. The molecule has 6 heteroatoms. The first-order valence-corrected chi connectivity index (χ1v) is 7.10. The molecule has 0 aliphatic carbocycles. The molecule has 21 heavy (non-hydrogen) atoms. The Morgan fingerprint density at radius 2 is 2.00 bits per heavy atom. The van der Waals surface area contributed by atoms with Gasteiger partial charge >= 0.3 is 0 Å². The number of nitrogens with zero attached hydrogens (tertiary/aromatic N) is 2. The van der Waals surface area contributed by atoms with Crippen LogP contribution in [-0.4, -0.2) is 22.8 Å². The van der Waals surface area contributed by atoms with Gasteiger partial charge in [0.1, 0.15) is 5.75 Å². The van der Waals surface area contributed by atoms with Crippen LogP contribution in [0.4, 0.5) is 5.82 Å². The highest BCUT2D eigenvalue weighted by molar-refractivity contribution is 5.92. The molecule has 1 amide bonds. The van der Waals surface area contributed by atoms with E-state index in [1.165, 1.54) is 0 Å². The molecule has 1 aromatic carbocycles. The molecule has 0 atom stereocenters. The van der Waals surface area contributed by atoms with Crippen LogP contribution in [-0.2, 0) is 4.79 Å². The van der Waals surface area contributed by atoms with Gasteiger partial charge < -0.3 is 10.1 Å². The first-order valence-electron chi connectivity index (χ1n) is 7.10. The quantitative estimate of drug-likeness (QED) is 0.846.